The number of benzene rings is 1. The van der Waals surface area contributed by atoms with E-state index in [0.717, 1.165) is 31.0 Å². The van der Waals surface area contributed by atoms with Gasteiger partial charge in [-0.05, 0) is 36.4 Å². The van der Waals surface area contributed by atoms with Gasteiger partial charge in [-0.1, -0.05) is 17.7 Å². The highest BCUT2D eigenvalue weighted by Gasteiger charge is 2.00. The van der Waals surface area contributed by atoms with Crippen LogP contribution in [0.2, 0.25) is 5.02 Å². The van der Waals surface area contributed by atoms with Crippen molar-refractivity contribution in [1.82, 2.24) is 5.32 Å². The van der Waals surface area contributed by atoms with Crippen LogP contribution in [0.5, 0.6) is 5.75 Å². The topological polar surface area (TPSA) is 21.3 Å². The fourth-order valence-corrected chi connectivity index (χ4v) is 1.70. The molecule has 0 amide bonds. The molecular weight excluding hydrogens is 230 g/mol. The van der Waals surface area contributed by atoms with E-state index in [4.69, 9.17) is 16.3 Å². The summed E-state index contributed by atoms with van der Waals surface area (Å²) in [6, 6.07) is 5.82. The third kappa shape index (κ3) is 4.33. The molecule has 0 saturated carbocycles. The Kier molecular flexibility index (Phi) is 5.91. The molecule has 0 bridgehead atoms. The molecule has 0 aliphatic rings. The van der Waals surface area contributed by atoms with Gasteiger partial charge in [-0.2, -0.15) is 12.6 Å². The van der Waals surface area contributed by atoms with E-state index in [9.17, 15) is 0 Å². The molecule has 2 nitrogen and oxygen atoms in total. The Morgan fingerprint density at radius 2 is 2.27 bits per heavy atom. The highest BCUT2D eigenvalue weighted by Crippen LogP contribution is 2.24. The van der Waals surface area contributed by atoms with E-state index in [1.54, 1.807) is 7.11 Å². The van der Waals surface area contributed by atoms with Crippen molar-refractivity contribution in [2.45, 2.75) is 13.0 Å². The molecule has 0 radical (unpaired) electrons. The van der Waals surface area contributed by atoms with Crippen LogP contribution >= 0.6 is 24.2 Å². The van der Waals surface area contributed by atoms with Crippen LogP contribution in [0.3, 0.4) is 0 Å². The second-order valence-corrected chi connectivity index (χ2v) is 4.08. The molecule has 0 aliphatic heterocycles. The van der Waals surface area contributed by atoms with Gasteiger partial charge < -0.3 is 10.1 Å². The first kappa shape index (κ1) is 12.7. The normalized spacial score (nSPS) is 10.3. The fraction of sp³-hybridized carbons (Fsp3) is 0.455. The molecule has 0 atom stereocenters. The molecule has 0 aromatic heterocycles. The first-order valence-corrected chi connectivity index (χ1v) is 5.93. The number of rotatable bonds is 6. The molecule has 1 rings (SSSR count). The Hall–Kier alpha value is -0.380. The molecule has 1 N–H and O–H groups in total. The van der Waals surface area contributed by atoms with E-state index in [1.165, 1.54) is 5.56 Å². The van der Waals surface area contributed by atoms with Gasteiger partial charge in [-0.25, -0.2) is 0 Å². The summed E-state index contributed by atoms with van der Waals surface area (Å²) < 4.78 is 5.08. The maximum atomic E-state index is 6.00. The molecule has 15 heavy (non-hydrogen) atoms. The van der Waals surface area contributed by atoms with Crippen molar-refractivity contribution in [3.63, 3.8) is 0 Å². The van der Waals surface area contributed by atoms with Gasteiger partial charge in [0.1, 0.15) is 5.75 Å². The van der Waals surface area contributed by atoms with Crippen LogP contribution < -0.4 is 10.1 Å². The van der Waals surface area contributed by atoms with Crippen LogP contribution in [0, 0.1) is 0 Å². The van der Waals surface area contributed by atoms with Crippen LogP contribution in [-0.2, 0) is 6.54 Å². The summed E-state index contributed by atoms with van der Waals surface area (Å²) in [7, 11) is 1.62. The quantitative estimate of drug-likeness (QED) is 0.594. The van der Waals surface area contributed by atoms with Crippen molar-refractivity contribution < 1.29 is 4.74 Å². The molecule has 0 aliphatic carbocycles. The van der Waals surface area contributed by atoms with Gasteiger partial charge in [0.15, 0.2) is 0 Å². The minimum absolute atomic E-state index is 0.658. The Bertz CT molecular complexity index is 307. The lowest BCUT2D eigenvalue weighted by molar-refractivity contribution is 0.415. The summed E-state index contributed by atoms with van der Waals surface area (Å²) in [5, 5.41) is 3.98. The van der Waals surface area contributed by atoms with E-state index >= 15 is 0 Å². The van der Waals surface area contributed by atoms with Crippen molar-refractivity contribution in [1.29, 1.82) is 0 Å². The molecule has 84 valence electrons. The standard InChI is InChI=1S/C11H16ClNOS/c1-14-11-4-3-9(7-10(11)12)8-13-5-2-6-15/h3-4,7,13,15H,2,5-6,8H2,1H3. The monoisotopic (exact) mass is 245 g/mol. The second kappa shape index (κ2) is 6.99. The van der Waals surface area contributed by atoms with Gasteiger partial charge in [0, 0.05) is 6.54 Å². The van der Waals surface area contributed by atoms with Crippen LogP contribution in [0.4, 0.5) is 0 Å². The summed E-state index contributed by atoms with van der Waals surface area (Å²) in [6.45, 7) is 1.81. The molecule has 0 saturated heterocycles. The van der Waals surface area contributed by atoms with Gasteiger partial charge in [0.2, 0.25) is 0 Å². The van der Waals surface area contributed by atoms with Gasteiger partial charge in [0.05, 0.1) is 12.1 Å². The Labute approximate surface area is 101 Å². The minimum Gasteiger partial charge on any atom is -0.495 e. The number of nitrogens with one attached hydrogen (secondary N) is 1. The number of hydrogen-bond donors (Lipinski definition) is 2. The Balaban J connectivity index is 2.45. The molecular formula is C11H16ClNOS. The van der Waals surface area contributed by atoms with Gasteiger partial charge in [-0.15, -0.1) is 0 Å². The van der Waals surface area contributed by atoms with Crippen LogP contribution in [0.1, 0.15) is 12.0 Å². The predicted molar refractivity (Wildman–Crippen MR) is 68.2 cm³/mol. The highest BCUT2D eigenvalue weighted by molar-refractivity contribution is 7.80. The summed E-state index contributed by atoms with van der Waals surface area (Å²) in [5.74, 6) is 1.63. The molecule has 0 fully saturated rings. The summed E-state index contributed by atoms with van der Waals surface area (Å²) in [5.41, 5.74) is 1.17. The van der Waals surface area contributed by atoms with E-state index in [1.807, 2.05) is 18.2 Å². The SMILES string of the molecule is COc1ccc(CNCCCS)cc1Cl. The number of methoxy groups -OCH3 is 1. The van der Waals surface area contributed by atoms with Gasteiger partial charge in [-0.3, -0.25) is 0 Å². The van der Waals surface area contributed by atoms with Gasteiger partial charge in [0.25, 0.3) is 0 Å². The molecule has 0 spiro atoms. The molecule has 0 unspecified atom stereocenters. The maximum absolute atomic E-state index is 6.00. The number of thiol groups is 1. The van der Waals surface area contributed by atoms with Crippen LogP contribution in [0.15, 0.2) is 18.2 Å². The Morgan fingerprint density at radius 3 is 2.87 bits per heavy atom. The minimum atomic E-state index is 0.658. The lowest BCUT2D eigenvalue weighted by Crippen LogP contribution is -2.14. The van der Waals surface area contributed by atoms with Crippen molar-refractivity contribution in [2.75, 3.05) is 19.4 Å². The first-order valence-electron chi connectivity index (χ1n) is 4.92. The van der Waals surface area contributed by atoms with Gasteiger partial charge >= 0.3 is 0 Å². The van der Waals surface area contributed by atoms with E-state index < -0.39 is 0 Å². The summed E-state index contributed by atoms with van der Waals surface area (Å²) in [4.78, 5) is 0. The third-order valence-electron chi connectivity index (χ3n) is 2.06. The lowest BCUT2D eigenvalue weighted by Gasteiger charge is -2.07. The lowest BCUT2D eigenvalue weighted by atomic mass is 10.2. The maximum Gasteiger partial charge on any atom is 0.137 e. The van der Waals surface area contributed by atoms with Crippen molar-refractivity contribution in [3.05, 3.63) is 28.8 Å². The highest BCUT2D eigenvalue weighted by atomic mass is 35.5. The summed E-state index contributed by atoms with van der Waals surface area (Å²) in [6.07, 6.45) is 1.08. The zero-order valence-corrected chi connectivity index (χ0v) is 10.4. The third-order valence-corrected chi connectivity index (χ3v) is 2.67. The largest absolute Gasteiger partial charge is 0.495 e. The zero-order valence-electron chi connectivity index (χ0n) is 8.79. The second-order valence-electron chi connectivity index (χ2n) is 3.22. The predicted octanol–water partition coefficient (Wildman–Crippen LogP) is 2.76. The van der Waals surface area contributed by atoms with Crippen molar-refractivity contribution in [3.8, 4) is 5.75 Å². The average Bonchev–Trinajstić information content (AvgIpc) is 2.25. The molecule has 1 aromatic carbocycles. The average molecular weight is 246 g/mol. The van der Waals surface area contributed by atoms with Crippen LogP contribution in [0.25, 0.3) is 0 Å². The van der Waals surface area contributed by atoms with E-state index in [-0.39, 0.29) is 0 Å². The van der Waals surface area contributed by atoms with Crippen LogP contribution in [-0.4, -0.2) is 19.4 Å². The number of ether oxygens (including phenoxy) is 1. The number of halogens is 1. The molecule has 0 heterocycles. The number of hydrogen-bond acceptors (Lipinski definition) is 3. The smallest absolute Gasteiger partial charge is 0.137 e. The Morgan fingerprint density at radius 1 is 1.47 bits per heavy atom. The molecule has 1 aromatic rings. The molecule has 4 heteroatoms. The first-order chi connectivity index (χ1) is 7.27. The van der Waals surface area contributed by atoms with E-state index in [0.29, 0.717) is 5.02 Å². The van der Waals surface area contributed by atoms with Crippen molar-refractivity contribution in [2.24, 2.45) is 0 Å². The van der Waals surface area contributed by atoms with Crippen molar-refractivity contribution >= 4 is 24.2 Å². The van der Waals surface area contributed by atoms with E-state index in [2.05, 4.69) is 17.9 Å². The zero-order chi connectivity index (χ0) is 11.1. The fourth-order valence-electron chi connectivity index (χ4n) is 1.26. The summed E-state index contributed by atoms with van der Waals surface area (Å²) >= 11 is 10.2.